The van der Waals surface area contributed by atoms with E-state index in [2.05, 4.69) is 69.4 Å². The average Bonchev–Trinajstić information content (AvgIpc) is 3.24. The van der Waals surface area contributed by atoms with E-state index in [0.29, 0.717) is 6.42 Å². The Hall–Kier alpha value is -2.63. The highest BCUT2D eigenvalue weighted by atomic mass is 32.1. The van der Waals surface area contributed by atoms with Crippen LogP contribution in [-0.2, 0) is 17.8 Å². The molecule has 0 unspecified atom stereocenters. The number of carbonyl (C=O) groups excluding carboxylic acids is 1. The third kappa shape index (κ3) is 4.52. The summed E-state index contributed by atoms with van der Waals surface area (Å²) >= 11 is 1.74. The molecule has 150 valence electrons. The molecule has 0 fully saturated rings. The molecular weight excluding hydrogens is 378 g/mol. The number of amides is 1. The SMILES string of the molecule is CN(C)CCCNC(=O)Cc1cc2c3ccccc3n(Cc3ccccc3)c2s1. The van der Waals surface area contributed by atoms with Crippen molar-refractivity contribution in [3.63, 3.8) is 0 Å². The molecule has 2 heterocycles. The van der Waals surface area contributed by atoms with Gasteiger partial charge in [0.25, 0.3) is 0 Å². The van der Waals surface area contributed by atoms with Crippen molar-refractivity contribution in [1.82, 2.24) is 14.8 Å². The van der Waals surface area contributed by atoms with E-state index in [1.807, 2.05) is 20.2 Å². The lowest BCUT2D eigenvalue weighted by Gasteiger charge is -2.09. The number of rotatable bonds is 8. The van der Waals surface area contributed by atoms with E-state index in [-0.39, 0.29) is 5.91 Å². The maximum Gasteiger partial charge on any atom is 0.225 e. The van der Waals surface area contributed by atoms with Crippen molar-refractivity contribution < 1.29 is 4.79 Å². The summed E-state index contributed by atoms with van der Waals surface area (Å²) in [7, 11) is 4.10. The summed E-state index contributed by atoms with van der Waals surface area (Å²) in [5, 5.41) is 5.55. The zero-order valence-corrected chi connectivity index (χ0v) is 17.8. The van der Waals surface area contributed by atoms with Gasteiger partial charge in [-0.05, 0) is 44.8 Å². The molecule has 0 bridgehead atoms. The Morgan fingerprint density at radius 1 is 1.03 bits per heavy atom. The first-order valence-electron chi connectivity index (χ1n) is 10.1. The van der Waals surface area contributed by atoms with Gasteiger partial charge in [-0.3, -0.25) is 4.79 Å². The molecule has 0 saturated carbocycles. The monoisotopic (exact) mass is 405 g/mol. The van der Waals surface area contributed by atoms with Crippen LogP contribution in [0.5, 0.6) is 0 Å². The lowest BCUT2D eigenvalue weighted by atomic mass is 10.2. The minimum atomic E-state index is 0.103. The van der Waals surface area contributed by atoms with Crippen LogP contribution in [0.1, 0.15) is 16.9 Å². The van der Waals surface area contributed by atoms with Gasteiger partial charge < -0.3 is 14.8 Å². The topological polar surface area (TPSA) is 37.3 Å². The quantitative estimate of drug-likeness (QED) is 0.438. The molecule has 4 nitrogen and oxygen atoms in total. The molecule has 0 aliphatic heterocycles. The van der Waals surface area contributed by atoms with Crippen LogP contribution in [0.15, 0.2) is 60.7 Å². The molecule has 0 saturated heterocycles. The molecule has 1 N–H and O–H groups in total. The highest BCUT2D eigenvalue weighted by Gasteiger charge is 2.15. The number of fused-ring (bicyclic) bond motifs is 3. The largest absolute Gasteiger partial charge is 0.356 e. The van der Waals surface area contributed by atoms with Crippen LogP contribution < -0.4 is 5.32 Å². The van der Waals surface area contributed by atoms with Crippen LogP contribution >= 0.6 is 11.3 Å². The molecule has 0 radical (unpaired) electrons. The summed E-state index contributed by atoms with van der Waals surface area (Å²) in [6.07, 6.45) is 1.42. The predicted octanol–water partition coefficient (Wildman–Crippen LogP) is 4.51. The number of carbonyl (C=O) groups is 1. The van der Waals surface area contributed by atoms with Gasteiger partial charge in [0.1, 0.15) is 4.83 Å². The zero-order chi connectivity index (χ0) is 20.2. The third-order valence-corrected chi connectivity index (χ3v) is 6.27. The molecule has 0 spiro atoms. The maximum absolute atomic E-state index is 12.4. The minimum absolute atomic E-state index is 0.103. The molecule has 4 aromatic rings. The second kappa shape index (κ2) is 8.80. The van der Waals surface area contributed by atoms with Crippen molar-refractivity contribution in [2.45, 2.75) is 19.4 Å². The van der Waals surface area contributed by atoms with Crippen LogP contribution in [0.2, 0.25) is 0 Å². The molecule has 4 rings (SSSR count). The first-order valence-corrected chi connectivity index (χ1v) is 10.9. The number of para-hydroxylation sites is 1. The van der Waals surface area contributed by atoms with E-state index in [4.69, 9.17) is 0 Å². The summed E-state index contributed by atoms with van der Waals surface area (Å²) in [6, 6.07) is 21.3. The van der Waals surface area contributed by atoms with Gasteiger partial charge >= 0.3 is 0 Å². The fourth-order valence-corrected chi connectivity index (χ4v) is 4.91. The number of aromatic nitrogens is 1. The van der Waals surface area contributed by atoms with E-state index < -0.39 is 0 Å². The van der Waals surface area contributed by atoms with Crippen molar-refractivity contribution >= 4 is 38.4 Å². The van der Waals surface area contributed by atoms with Crippen LogP contribution in [0, 0.1) is 0 Å². The van der Waals surface area contributed by atoms with Crippen LogP contribution in [0.4, 0.5) is 0 Å². The van der Waals surface area contributed by atoms with Gasteiger partial charge in [-0.15, -0.1) is 11.3 Å². The Kier molecular flexibility index (Phi) is 5.97. The number of benzene rings is 2. The molecule has 1 amide bonds. The van der Waals surface area contributed by atoms with Gasteiger partial charge in [0, 0.05) is 28.7 Å². The van der Waals surface area contributed by atoms with Crippen LogP contribution in [0.25, 0.3) is 21.1 Å². The molecular formula is C24H27N3OS. The Morgan fingerprint density at radius 3 is 2.59 bits per heavy atom. The molecule has 0 atom stereocenters. The zero-order valence-electron chi connectivity index (χ0n) is 17.0. The molecule has 2 aromatic carbocycles. The fraction of sp³-hybridized carbons (Fsp3) is 0.292. The summed E-state index contributed by atoms with van der Waals surface area (Å²) in [5.41, 5.74) is 2.53. The fourth-order valence-electron chi connectivity index (χ4n) is 3.72. The van der Waals surface area contributed by atoms with Gasteiger partial charge in [0.15, 0.2) is 0 Å². The van der Waals surface area contributed by atoms with Crippen molar-refractivity contribution in [2.75, 3.05) is 27.2 Å². The normalized spacial score (nSPS) is 11.6. The first-order chi connectivity index (χ1) is 14.1. The van der Waals surface area contributed by atoms with Gasteiger partial charge in [-0.2, -0.15) is 0 Å². The van der Waals surface area contributed by atoms with E-state index in [1.54, 1.807) is 11.3 Å². The molecule has 5 heteroatoms. The van der Waals surface area contributed by atoms with Gasteiger partial charge in [0.05, 0.1) is 11.9 Å². The van der Waals surface area contributed by atoms with Crippen molar-refractivity contribution in [3.05, 3.63) is 71.1 Å². The summed E-state index contributed by atoms with van der Waals surface area (Å²) in [6.45, 7) is 2.55. The summed E-state index contributed by atoms with van der Waals surface area (Å²) in [4.78, 5) is 16.9. The number of nitrogens with zero attached hydrogens (tertiary/aromatic N) is 2. The number of thiophene rings is 1. The third-order valence-electron chi connectivity index (χ3n) is 5.12. The maximum atomic E-state index is 12.4. The number of hydrogen-bond donors (Lipinski definition) is 1. The second-order valence-electron chi connectivity index (χ2n) is 7.70. The lowest BCUT2D eigenvalue weighted by Crippen LogP contribution is -2.28. The Labute approximate surface area is 175 Å². The van der Waals surface area contributed by atoms with Crippen LogP contribution in [-0.4, -0.2) is 42.6 Å². The minimum Gasteiger partial charge on any atom is -0.356 e. The van der Waals surface area contributed by atoms with Crippen molar-refractivity contribution in [3.8, 4) is 0 Å². The highest BCUT2D eigenvalue weighted by molar-refractivity contribution is 7.19. The Balaban J connectivity index is 1.57. The highest BCUT2D eigenvalue weighted by Crippen LogP contribution is 2.35. The van der Waals surface area contributed by atoms with Gasteiger partial charge in [-0.1, -0.05) is 48.5 Å². The number of hydrogen-bond acceptors (Lipinski definition) is 3. The first kappa shape index (κ1) is 19.7. The van der Waals surface area contributed by atoms with Crippen LogP contribution in [0.3, 0.4) is 0 Å². The lowest BCUT2D eigenvalue weighted by molar-refractivity contribution is -0.120. The Morgan fingerprint density at radius 2 is 1.79 bits per heavy atom. The smallest absolute Gasteiger partial charge is 0.225 e. The van der Waals surface area contributed by atoms with Gasteiger partial charge in [-0.25, -0.2) is 0 Å². The Bertz CT molecular complexity index is 1110. The van der Waals surface area contributed by atoms with E-state index >= 15 is 0 Å². The standard InChI is InChI=1S/C24H27N3OS/c1-26(2)14-8-13-25-23(28)16-19-15-21-20-11-6-7-12-22(20)27(24(21)29-19)17-18-9-4-3-5-10-18/h3-7,9-12,15H,8,13-14,16-17H2,1-2H3,(H,25,28). The van der Waals surface area contributed by atoms with E-state index in [0.717, 1.165) is 30.9 Å². The molecule has 29 heavy (non-hydrogen) atoms. The van der Waals surface area contributed by atoms with Crippen molar-refractivity contribution in [1.29, 1.82) is 0 Å². The second-order valence-corrected chi connectivity index (χ2v) is 8.82. The van der Waals surface area contributed by atoms with E-state index in [1.165, 1.54) is 26.7 Å². The van der Waals surface area contributed by atoms with Crippen molar-refractivity contribution in [2.24, 2.45) is 0 Å². The van der Waals surface area contributed by atoms with Gasteiger partial charge in [0.2, 0.25) is 5.91 Å². The number of nitrogens with one attached hydrogen (secondary N) is 1. The molecule has 0 aliphatic rings. The average molecular weight is 406 g/mol. The molecule has 0 aliphatic carbocycles. The summed E-state index contributed by atoms with van der Waals surface area (Å²) < 4.78 is 2.38. The molecule has 2 aromatic heterocycles. The predicted molar refractivity (Wildman–Crippen MR) is 123 cm³/mol. The van der Waals surface area contributed by atoms with E-state index in [9.17, 15) is 4.79 Å². The summed E-state index contributed by atoms with van der Waals surface area (Å²) in [5.74, 6) is 0.103.